The van der Waals surface area contributed by atoms with Gasteiger partial charge in [0.1, 0.15) is 0 Å². The van der Waals surface area contributed by atoms with Crippen LogP contribution in [0.3, 0.4) is 0 Å². The number of carbonyl (C=O) groups excluding carboxylic acids is 1. The number of hydrogen-bond donors (Lipinski definition) is 2. The summed E-state index contributed by atoms with van der Waals surface area (Å²) in [5.74, 6) is 0.130. The van der Waals surface area contributed by atoms with Gasteiger partial charge in [0.15, 0.2) is 0 Å². The minimum Gasteiger partial charge on any atom is -0.351 e. The molecule has 1 fully saturated rings. The molecule has 0 spiro atoms. The standard InChI is InChI=1S/C12H20N4O/c1-9-10(7-16(3)15-9)6-14-11(17)12(2)4-5-13-8-12/h7,13H,4-6,8H2,1-3H3,(H,14,17). The quantitative estimate of drug-likeness (QED) is 0.796. The first-order valence-corrected chi connectivity index (χ1v) is 5.99. The van der Waals surface area contributed by atoms with Crippen LogP contribution in [0.4, 0.5) is 0 Å². The lowest BCUT2D eigenvalue weighted by Crippen LogP contribution is -2.40. The zero-order valence-corrected chi connectivity index (χ0v) is 10.7. The fourth-order valence-electron chi connectivity index (χ4n) is 2.22. The third-order valence-corrected chi connectivity index (χ3v) is 3.47. The maximum Gasteiger partial charge on any atom is 0.227 e. The number of rotatable bonds is 3. The Bertz CT molecular complexity index is 418. The van der Waals surface area contributed by atoms with Crippen molar-refractivity contribution < 1.29 is 4.79 Å². The van der Waals surface area contributed by atoms with E-state index >= 15 is 0 Å². The maximum atomic E-state index is 12.1. The summed E-state index contributed by atoms with van der Waals surface area (Å²) in [6.45, 7) is 6.23. The van der Waals surface area contributed by atoms with Crippen LogP contribution in [0.25, 0.3) is 0 Å². The molecule has 2 rings (SSSR count). The van der Waals surface area contributed by atoms with E-state index in [9.17, 15) is 4.79 Å². The number of aromatic nitrogens is 2. The second-order valence-electron chi connectivity index (χ2n) is 5.08. The lowest BCUT2D eigenvalue weighted by molar-refractivity contribution is -0.129. The van der Waals surface area contributed by atoms with Crippen LogP contribution in [0.15, 0.2) is 6.20 Å². The zero-order valence-electron chi connectivity index (χ0n) is 10.7. The summed E-state index contributed by atoms with van der Waals surface area (Å²) in [4.78, 5) is 12.1. The highest BCUT2D eigenvalue weighted by atomic mass is 16.2. The minimum absolute atomic E-state index is 0.130. The summed E-state index contributed by atoms with van der Waals surface area (Å²) in [5, 5.41) is 10.5. The highest BCUT2D eigenvalue weighted by Crippen LogP contribution is 2.24. The highest BCUT2D eigenvalue weighted by Gasteiger charge is 2.35. The second kappa shape index (κ2) is 4.49. The molecule has 1 unspecified atom stereocenters. The van der Waals surface area contributed by atoms with Gasteiger partial charge in [-0.3, -0.25) is 9.48 Å². The van der Waals surface area contributed by atoms with E-state index in [1.165, 1.54) is 0 Å². The molecule has 2 N–H and O–H groups in total. The van der Waals surface area contributed by atoms with Crippen molar-refractivity contribution in [3.63, 3.8) is 0 Å². The molecule has 0 saturated carbocycles. The molecule has 1 aliphatic rings. The molecule has 0 bridgehead atoms. The van der Waals surface area contributed by atoms with Crippen LogP contribution in [-0.4, -0.2) is 28.8 Å². The summed E-state index contributed by atoms with van der Waals surface area (Å²) < 4.78 is 1.77. The van der Waals surface area contributed by atoms with Crippen LogP contribution in [0.5, 0.6) is 0 Å². The van der Waals surface area contributed by atoms with E-state index < -0.39 is 0 Å². The number of nitrogens with one attached hydrogen (secondary N) is 2. The van der Waals surface area contributed by atoms with Gasteiger partial charge in [0.25, 0.3) is 0 Å². The lowest BCUT2D eigenvalue weighted by atomic mass is 9.89. The average molecular weight is 236 g/mol. The first kappa shape index (κ1) is 12.1. The van der Waals surface area contributed by atoms with Crippen molar-refractivity contribution in [2.45, 2.75) is 26.8 Å². The smallest absolute Gasteiger partial charge is 0.227 e. The van der Waals surface area contributed by atoms with Gasteiger partial charge in [-0.15, -0.1) is 0 Å². The monoisotopic (exact) mass is 236 g/mol. The lowest BCUT2D eigenvalue weighted by Gasteiger charge is -2.21. The Labute approximate surface area is 102 Å². The van der Waals surface area contributed by atoms with Gasteiger partial charge in [-0.2, -0.15) is 5.10 Å². The van der Waals surface area contributed by atoms with Crippen LogP contribution in [0, 0.1) is 12.3 Å². The van der Waals surface area contributed by atoms with Gasteiger partial charge in [-0.05, 0) is 26.8 Å². The number of aryl methyl sites for hydroxylation is 2. The molecular formula is C12H20N4O. The Morgan fingerprint density at radius 3 is 3.00 bits per heavy atom. The first-order valence-electron chi connectivity index (χ1n) is 5.99. The topological polar surface area (TPSA) is 59.0 Å². The van der Waals surface area contributed by atoms with Crippen LogP contribution < -0.4 is 10.6 Å². The molecule has 2 heterocycles. The van der Waals surface area contributed by atoms with Crippen molar-refractivity contribution >= 4 is 5.91 Å². The minimum atomic E-state index is -0.254. The van der Waals surface area contributed by atoms with Gasteiger partial charge in [-0.1, -0.05) is 0 Å². The molecule has 17 heavy (non-hydrogen) atoms. The molecule has 1 aliphatic heterocycles. The summed E-state index contributed by atoms with van der Waals surface area (Å²) in [7, 11) is 1.89. The van der Waals surface area contributed by atoms with Gasteiger partial charge in [0, 0.05) is 31.9 Å². The van der Waals surface area contributed by atoms with Gasteiger partial charge >= 0.3 is 0 Å². The molecule has 1 amide bonds. The van der Waals surface area contributed by atoms with E-state index in [4.69, 9.17) is 0 Å². The molecular weight excluding hydrogens is 216 g/mol. The molecule has 1 aromatic rings. The Hall–Kier alpha value is -1.36. The number of carbonyl (C=O) groups is 1. The number of hydrogen-bond acceptors (Lipinski definition) is 3. The summed E-state index contributed by atoms with van der Waals surface area (Å²) in [5.41, 5.74) is 1.80. The van der Waals surface area contributed by atoms with Crippen molar-refractivity contribution in [1.82, 2.24) is 20.4 Å². The van der Waals surface area contributed by atoms with E-state index in [0.29, 0.717) is 6.54 Å². The van der Waals surface area contributed by atoms with Gasteiger partial charge < -0.3 is 10.6 Å². The Morgan fingerprint density at radius 2 is 2.47 bits per heavy atom. The van der Waals surface area contributed by atoms with Crippen LogP contribution in [0.2, 0.25) is 0 Å². The Balaban J connectivity index is 1.94. The number of amides is 1. The van der Waals surface area contributed by atoms with E-state index in [-0.39, 0.29) is 11.3 Å². The molecule has 1 saturated heterocycles. The third-order valence-electron chi connectivity index (χ3n) is 3.47. The van der Waals surface area contributed by atoms with Crippen molar-refractivity contribution in [2.75, 3.05) is 13.1 Å². The molecule has 5 heteroatoms. The second-order valence-corrected chi connectivity index (χ2v) is 5.08. The first-order chi connectivity index (χ1) is 8.01. The van der Waals surface area contributed by atoms with Crippen molar-refractivity contribution in [1.29, 1.82) is 0 Å². The fourth-order valence-corrected chi connectivity index (χ4v) is 2.22. The molecule has 5 nitrogen and oxygen atoms in total. The van der Waals surface area contributed by atoms with Crippen molar-refractivity contribution in [3.05, 3.63) is 17.5 Å². The van der Waals surface area contributed by atoms with Crippen molar-refractivity contribution in [3.8, 4) is 0 Å². The molecule has 1 atom stereocenters. The maximum absolute atomic E-state index is 12.1. The normalized spacial score (nSPS) is 23.9. The van der Waals surface area contributed by atoms with Crippen LogP contribution in [0.1, 0.15) is 24.6 Å². The summed E-state index contributed by atoms with van der Waals surface area (Å²) >= 11 is 0. The van der Waals surface area contributed by atoms with E-state index in [1.54, 1.807) is 4.68 Å². The van der Waals surface area contributed by atoms with E-state index in [2.05, 4.69) is 15.7 Å². The van der Waals surface area contributed by atoms with E-state index in [0.717, 1.165) is 30.8 Å². The highest BCUT2D eigenvalue weighted by molar-refractivity contribution is 5.82. The van der Waals surface area contributed by atoms with Crippen LogP contribution in [-0.2, 0) is 18.4 Å². The fraction of sp³-hybridized carbons (Fsp3) is 0.667. The van der Waals surface area contributed by atoms with Gasteiger partial charge in [0.2, 0.25) is 5.91 Å². The summed E-state index contributed by atoms with van der Waals surface area (Å²) in [6.07, 6.45) is 2.86. The van der Waals surface area contributed by atoms with Crippen LogP contribution >= 0.6 is 0 Å². The Kier molecular flexibility index (Phi) is 3.19. The zero-order chi connectivity index (χ0) is 12.5. The largest absolute Gasteiger partial charge is 0.351 e. The molecule has 1 aromatic heterocycles. The van der Waals surface area contributed by atoms with Gasteiger partial charge in [0.05, 0.1) is 11.1 Å². The predicted molar refractivity (Wildman–Crippen MR) is 65.4 cm³/mol. The van der Waals surface area contributed by atoms with Gasteiger partial charge in [-0.25, -0.2) is 0 Å². The molecule has 0 aromatic carbocycles. The molecule has 0 aliphatic carbocycles. The van der Waals surface area contributed by atoms with E-state index in [1.807, 2.05) is 27.1 Å². The number of nitrogens with zero attached hydrogens (tertiary/aromatic N) is 2. The average Bonchev–Trinajstić information content (AvgIpc) is 2.83. The molecule has 0 radical (unpaired) electrons. The summed E-state index contributed by atoms with van der Waals surface area (Å²) in [6, 6.07) is 0. The SMILES string of the molecule is Cc1nn(C)cc1CNC(=O)C1(C)CCNC1. The molecule has 94 valence electrons. The predicted octanol–water partition coefficient (Wildman–Crippen LogP) is 0.344. The Morgan fingerprint density at radius 1 is 1.71 bits per heavy atom. The third kappa shape index (κ3) is 2.49. The van der Waals surface area contributed by atoms with Crippen molar-refractivity contribution in [2.24, 2.45) is 12.5 Å².